The van der Waals surface area contributed by atoms with Crippen LogP contribution in [0.4, 0.5) is 11.5 Å². The van der Waals surface area contributed by atoms with E-state index in [1.807, 2.05) is 0 Å². The van der Waals surface area contributed by atoms with Crippen LogP contribution in [0.5, 0.6) is 0 Å². The third-order valence-corrected chi connectivity index (χ3v) is 6.49. The lowest BCUT2D eigenvalue weighted by Crippen LogP contribution is -2.07. The normalized spacial score (nSPS) is 13.2. The molecule has 130 valence electrons. The Morgan fingerprint density at radius 3 is 3.04 bits per heavy atom. The van der Waals surface area contributed by atoms with Gasteiger partial charge in [-0.2, -0.15) is 0 Å². The highest BCUT2D eigenvalue weighted by Crippen LogP contribution is 2.37. The van der Waals surface area contributed by atoms with Gasteiger partial charge in [-0.3, -0.25) is 0 Å². The quantitative estimate of drug-likeness (QED) is 0.495. The van der Waals surface area contributed by atoms with Crippen molar-refractivity contribution in [1.82, 2.24) is 19.5 Å². The molecule has 25 heavy (non-hydrogen) atoms. The third kappa shape index (κ3) is 3.15. The molecular weight excluding hydrogens is 449 g/mol. The van der Waals surface area contributed by atoms with Crippen molar-refractivity contribution < 1.29 is 0 Å². The molecule has 0 bridgehead atoms. The SMILES string of the molecule is NCCCn1c(Sc2cc3c(cc2I)NCC3)nc2c(N)ncnc21. The smallest absolute Gasteiger partial charge is 0.175 e. The number of aromatic nitrogens is 4. The molecule has 0 amide bonds. The number of nitrogens with one attached hydrogen (secondary N) is 1. The monoisotopic (exact) mass is 467 g/mol. The molecule has 5 N–H and O–H groups in total. The Kier molecular flexibility index (Phi) is 4.69. The van der Waals surface area contributed by atoms with E-state index in [2.05, 4.69) is 54.6 Å². The lowest BCUT2D eigenvalue weighted by atomic mass is 10.2. The van der Waals surface area contributed by atoms with Crippen molar-refractivity contribution in [3.63, 3.8) is 0 Å². The highest BCUT2D eigenvalue weighted by Gasteiger charge is 2.19. The van der Waals surface area contributed by atoms with Crippen molar-refractivity contribution in [3.8, 4) is 0 Å². The predicted octanol–water partition coefficient (Wildman–Crippen LogP) is 2.48. The van der Waals surface area contributed by atoms with Crippen LogP contribution < -0.4 is 16.8 Å². The number of nitrogens with two attached hydrogens (primary N) is 2. The molecule has 7 nitrogen and oxygen atoms in total. The summed E-state index contributed by atoms with van der Waals surface area (Å²) in [5, 5.41) is 4.29. The standard InChI is InChI=1S/C16H18IN7S/c17-10-7-11-9(2-4-20-11)6-12(10)25-16-23-13-14(19)21-8-22-15(13)24(16)5-1-3-18/h6-8,20H,1-5,18H2,(H2,19,21,22). The molecule has 0 spiro atoms. The van der Waals surface area contributed by atoms with Gasteiger partial charge in [0.05, 0.1) is 0 Å². The van der Waals surface area contributed by atoms with Crippen LogP contribution in [0.15, 0.2) is 28.5 Å². The lowest BCUT2D eigenvalue weighted by molar-refractivity contribution is 0.612. The summed E-state index contributed by atoms with van der Waals surface area (Å²) in [5.74, 6) is 0.409. The molecule has 0 unspecified atom stereocenters. The van der Waals surface area contributed by atoms with Crippen molar-refractivity contribution in [2.75, 3.05) is 24.1 Å². The van der Waals surface area contributed by atoms with Gasteiger partial charge < -0.3 is 21.4 Å². The number of fused-ring (bicyclic) bond motifs is 2. The van der Waals surface area contributed by atoms with Crippen LogP contribution in [0.1, 0.15) is 12.0 Å². The van der Waals surface area contributed by atoms with Crippen molar-refractivity contribution >= 4 is 57.0 Å². The number of imidazole rings is 1. The number of aryl methyl sites for hydroxylation is 1. The van der Waals surface area contributed by atoms with Gasteiger partial charge >= 0.3 is 0 Å². The molecule has 0 saturated heterocycles. The molecule has 0 fully saturated rings. The number of benzene rings is 1. The summed E-state index contributed by atoms with van der Waals surface area (Å²) in [6.45, 7) is 2.38. The van der Waals surface area contributed by atoms with E-state index in [1.165, 1.54) is 26.0 Å². The molecule has 9 heteroatoms. The third-order valence-electron chi connectivity index (χ3n) is 4.18. The average molecular weight is 467 g/mol. The van der Waals surface area contributed by atoms with Gasteiger partial charge in [-0.05, 0) is 59.7 Å². The van der Waals surface area contributed by atoms with Crippen LogP contribution in [0.3, 0.4) is 0 Å². The maximum absolute atomic E-state index is 5.99. The topological polar surface area (TPSA) is 108 Å². The molecule has 0 aliphatic carbocycles. The highest BCUT2D eigenvalue weighted by molar-refractivity contribution is 14.1. The minimum absolute atomic E-state index is 0.409. The zero-order valence-corrected chi connectivity index (χ0v) is 16.5. The molecule has 1 aliphatic rings. The van der Waals surface area contributed by atoms with E-state index in [4.69, 9.17) is 16.5 Å². The number of hydrogen-bond donors (Lipinski definition) is 3. The van der Waals surface area contributed by atoms with Crippen molar-refractivity contribution in [3.05, 3.63) is 27.6 Å². The van der Waals surface area contributed by atoms with E-state index in [9.17, 15) is 0 Å². The molecule has 4 rings (SSSR count). The average Bonchev–Trinajstić information content (AvgIpc) is 3.18. The maximum atomic E-state index is 5.99. The van der Waals surface area contributed by atoms with Crippen molar-refractivity contribution in [2.24, 2.45) is 5.73 Å². The van der Waals surface area contributed by atoms with E-state index < -0.39 is 0 Å². The Hall–Kier alpha value is -1.59. The number of rotatable bonds is 5. The van der Waals surface area contributed by atoms with Crippen LogP contribution in [0.2, 0.25) is 0 Å². The van der Waals surface area contributed by atoms with Gasteiger partial charge in [-0.25, -0.2) is 15.0 Å². The summed E-state index contributed by atoms with van der Waals surface area (Å²) in [4.78, 5) is 14.3. The minimum Gasteiger partial charge on any atom is -0.384 e. The highest BCUT2D eigenvalue weighted by atomic mass is 127. The number of hydrogen-bond acceptors (Lipinski definition) is 7. The van der Waals surface area contributed by atoms with E-state index >= 15 is 0 Å². The molecule has 0 atom stereocenters. The summed E-state index contributed by atoms with van der Waals surface area (Å²) in [6.07, 6.45) is 3.40. The van der Waals surface area contributed by atoms with E-state index in [1.54, 1.807) is 11.8 Å². The Morgan fingerprint density at radius 1 is 1.32 bits per heavy atom. The van der Waals surface area contributed by atoms with Gasteiger partial charge in [0, 0.05) is 27.2 Å². The first-order chi connectivity index (χ1) is 12.2. The molecule has 2 aromatic heterocycles. The molecule has 0 saturated carbocycles. The maximum Gasteiger partial charge on any atom is 0.175 e. The van der Waals surface area contributed by atoms with Crippen molar-refractivity contribution in [1.29, 1.82) is 0 Å². The van der Waals surface area contributed by atoms with E-state index in [0.29, 0.717) is 17.9 Å². The lowest BCUT2D eigenvalue weighted by Gasteiger charge is -2.10. The number of nitrogen functional groups attached to an aromatic ring is 1. The first kappa shape index (κ1) is 16.9. The Labute approximate surface area is 163 Å². The Morgan fingerprint density at radius 2 is 2.20 bits per heavy atom. The summed E-state index contributed by atoms with van der Waals surface area (Å²) in [5.41, 5.74) is 15.7. The molecular formula is C16H18IN7S. The van der Waals surface area contributed by atoms with Crippen LogP contribution in [0.25, 0.3) is 11.2 Å². The van der Waals surface area contributed by atoms with Gasteiger partial charge in [0.2, 0.25) is 0 Å². The van der Waals surface area contributed by atoms with E-state index in [-0.39, 0.29) is 0 Å². The summed E-state index contributed by atoms with van der Waals surface area (Å²) in [6, 6.07) is 4.45. The zero-order valence-electron chi connectivity index (χ0n) is 13.5. The fraction of sp³-hybridized carbons (Fsp3) is 0.312. The first-order valence-corrected chi connectivity index (χ1v) is 9.98. The van der Waals surface area contributed by atoms with Crippen LogP contribution in [-0.4, -0.2) is 32.6 Å². The zero-order chi connectivity index (χ0) is 17.4. The van der Waals surface area contributed by atoms with Crippen molar-refractivity contribution in [2.45, 2.75) is 29.4 Å². The molecule has 1 aromatic carbocycles. The molecule has 3 aromatic rings. The van der Waals surface area contributed by atoms with Crippen LogP contribution in [-0.2, 0) is 13.0 Å². The molecule has 1 aliphatic heterocycles. The summed E-state index contributed by atoms with van der Waals surface area (Å²) < 4.78 is 3.29. The minimum atomic E-state index is 0.409. The second kappa shape index (κ2) is 6.96. The van der Waals surface area contributed by atoms with Crippen LogP contribution in [0, 0.1) is 3.57 Å². The van der Waals surface area contributed by atoms with E-state index in [0.717, 1.165) is 36.7 Å². The molecule has 0 radical (unpaired) electrons. The Balaban J connectivity index is 1.77. The number of nitrogens with zero attached hydrogens (tertiary/aromatic N) is 4. The summed E-state index contributed by atoms with van der Waals surface area (Å²) in [7, 11) is 0. The number of halogens is 1. The second-order valence-electron chi connectivity index (χ2n) is 5.84. The first-order valence-electron chi connectivity index (χ1n) is 8.08. The van der Waals surface area contributed by atoms with Crippen LogP contribution >= 0.6 is 34.4 Å². The predicted molar refractivity (Wildman–Crippen MR) is 109 cm³/mol. The van der Waals surface area contributed by atoms with Gasteiger partial charge in [-0.15, -0.1) is 0 Å². The van der Waals surface area contributed by atoms with Gasteiger partial charge in [0.15, 0.2) is 22.1 Å². The van der Waals surface area contributed by atoms with Gasteiger partial charge in [-0.1, -0.05) is 11.8 Å². The Bertz CT molecular complexity index is 940. The second-order valence-corrected chi connectivity index (χ2v) is 8.01. The van der Waals surface area contributed by atoms with Gasteiger partial charge in [0.1, 0.15) is 6.33 Å². The fourth-order valence-electron chi connectivity index (χ4n) is 2.94. The fourth-order valence-corrected chi connectivity index (χ4v) is 4.71. The molecule has 3 heterocycles. The number of anilines is 2. The van der Waals surface area contributed by atoms with Gasteiger partial charge in [0.25, 0.3) is 0 Å². The summed E-state index contributed by atoms with van der Waals surface area (Å²) >= 11 is 4.02. The largest absolute Gasteiger partial charge is 0.384 e.